The van der Waals surface area contributed by atoms with E-state index < -0.39 is 23.5 Å². The lowest BCUT2D eigenvalue weighted by atomic mass is 10.1. The summed E-state index contributed by atoms with van der Waals surface area (Å²) in [6, 6.07) is 0. The van der Waals surface area contributed by atoms with Gasteiger partial charge in [-0.25, -0.2) is 4.79 Å². The Bertz CT molecular complexity index is 565. The molecule has 0 aromatic heterocycles. The highest BCUT2D eigenvalue weighted by molar-refractivity contribution is 6.41. The fourth-order valence-corrected chi connectivity index (χ4v) is 2.23. The van der Waals surface area contributed by atoms with Crippen LogP contribution in [-0.4, -0.2) is 23.0 Å². The quantitative estimate of drug-likeness (QED) is 0.680. The second-order valence-electron chi connectivity index (χ2n) is 3.78. The maximum atomic E-state index is 11.2. The average Bonchev–Trinajstić information content (AvgIpc) is 2.29. The minimum Gasteiger partial charge on any atom is -0.478 e. The molecule has 1 N–H and O–H groups in total. The third kappa shape index (κ3) is 3.20. The van der Waals surface area contributed by atoms with E-state index in [-0.39, 0.29) is 27.1 Å². The van der Waals surface area contributed by atoms with Gasteiger partial charge in [0.15, 0.2) is 11.5 Å². The first-order valence-electron chi connectivity index (χ1n) is 5.28. The van der Waals surface area contributed by atoms with E-state index in [9.17, 15) is 14.4 Å². The Kier molecular flexibility index (Phi) is 4.97. The number of hydrogen-bond donors (Lipinski definition) is 1. The van der Waals surface area contributed by atoms with Crippen LogP contribution < -0.4 is 9.47 Å². The monoisotopic (exact) mass is 320 g/mol. The van der Waals surface area contributed by atoms with Crippen LogP contribution in [0.2, 0.25) is 10.0 Å². The topological polar surface area (TPSA) is 89.9 Å². The summed E-state index contributed by atoms with van der Waals surface area (Å²) in [5.41, 5.74) is -0.359. The van der Waals surface area contributed by atoms with Crippen molar-refractivity contribution >= 4 is 41.1 Å². The molecule has 0 radical (unpaired) electrons. The number of carbonyl (C=O) groups is 3. The lowest BCUT2D eigenvalue weighted by molar-refractivity contribution is -0.132. The predicted octanol–water partition coefficient (Wildman–Crippen LogP) is 2.85. The predicted molar refractivity (Wildman–Crippen MR) is 70.8 cm³/mol. The molecule has 0 saturated heterocycles. The number of aromatic carboxylic acids is 1. The van der Waals surface area contributed by atoms with Gasteiger partial charge in [0, 0.05) is 19.4 Å². The number of ether oxygens (including phenoxy) is 2. The maximum absolute atomic E-state index is 11.2. The first kappa shape index (κ1) is 16.3. The van der Waals surface area contributed by atoms with E-state index in [0.717, 1.165) is 13.8 Å². The number of esters is 2. The number of carbonyl (C=O) groups excluding carboxylic acids is 2. The van der Waals surface area contributed by atoms with Gasteiger partial charge in [0.25, 0.3) is 0 Å². The zero-order valence-electron chi connectivity index (χ0n) is 10.7. The lowest BCUT2D eigenvalue weighted by Crippen LogP contribution is -2.11. The summed E-state index contributed by atoms with van der Waals surface area (Å²) in [7, 11) is 0. The zero-order chi connectivity index (χ0) is 15.6. The van der Waals surface area contributed by atoms with Crippen molar-refractivity contribution in [3.63, 3.8) is 0 Å². The van der Waals surface area contributed by atoms with Crippen LogP contribution in [0.5, 0.6) is 11.5 Å². The Hall–Kier alpha value is -1.79. The Morgan fingerprint density at radius 2 is 1.30 bits per heavy atom. The smallest absolute Gasteiger partial charge is 0.339 e. The maximum Gasteiger partial charge on any atom is 0.339 e. The summed E-state index contributed by atoms with van der Waals surface area (Å²) < 4.78 is 9.72. The Labute approximate surface area is 124 Å². The van der Waals surface area contributed by atoms with Gasteiger partial charge in [-0.2, -0.15) is 0 Å². The van der Waals surface area contributed by atoms with Gasteiger partial charge in [-0.1, -0.05) is 23.2 Å². The van der Waals surface area contributed by atoms with Crippen molar-refractivity contribution in [2.45, 2.75) is 20.8 Å². The molecule has 108 valence electrons. The van der Waals surface area contributed by atoms with Gasteiger partial charge >= 0.3 is 17.9 Å². The molecule has 0 atom stereocenters. The van der Waals surface area contributed by atoms with E-state index in [1.165, 1.54) is 6.92 Å². The van der Waals surface area contributed by atoms with Crippen LogP contribution in [0.4, 0.5) is 0 Å². The molecular weight excluding hydrogens is 311 g/mol. The molecule has 0 unspecified atom stereocenters. The van der Waals surface area contributed by atoms with Crippen LogP contribution in [0, 0.1) is 6.92 Å². The molecule has 0 heterocycles. The third-order valence-electron chi connectivity index (χ3n) is 2.22. The Morgan fingerprint density at radius 3 is 1.55 bits per heavy atom. The number of carboxylic acids is 1. The summed E-state index contributed by atoms with van der Waals surface area (Å²) >= 11 is 11.8. The van der Waals surface area contributed by atoms with Gasteiger partial charge in [0.05, 0.1) is 10.0 Å². The van der Waals surface area contributed by atoms with Gasteiger partial charge in [0.2, 0.25) is 0 Å². The van der Waals surface area contributed by atoms with Gasteiger partial charge in [-0.3, -0.25) is 9.59 Å². The Balaban J connectivity index is 3.68. The lowest BCUT2D eigenvalue weighted by Gasteiger charge is -2.16. The van der Waals surface area contributed by atoms with Crippen LogP contribution in [-0.2, 0) is 9.59 Å². The Morgan fingerprint density at radius 1 is 0.950 bits per heavy atom. The van der Waals surface area contributed by atoms with Gasteiger partial charge < -0.3 is 14.6 Å². The highest BCUT2D eigenvalue weighted by Crippen LogP contribution is 2.44. The van der Waals surface area contributed by atoms with E-state index in [4.69, 9.17) is 37.8 Å². The standard InChI is InChI=1S/C12H10Cl2O6/c1-4-10(19-5(2)15)8(13)7(12(17)18)9(14)11(4)20-6(3)16/h1-3H3,(H,17,18). The zero-order valence-corrected chi connectivity index (χ0v) is 12.3. The van der Waals surface area contributed by atoms with Gasteiger partial charge in [-0.15, -0.1) is 0 Å². The average molecular weight is 321 g/mol. The molecular formula is C12H10Cl2O6. The summed E-state index contributed by atoms with van der Waals surface area (Å²) in [6.07, 6.45) is 0. The molecule has 20 heavy (non-hydrogen) atoms. The normalized spacial score (nSPS) is 10.1. The molecule has 0 fully saturated rings. The molecule has 1 aromatic carbocycles. The van der Waals surface area contributed by atoms with Crippen molar-refractivity contribution in [3.8, 4) is 11.5 Å². The minimum absolute atomic E-state index is 0.149. The second-order valence-corrected chi connectivity index (χ2v) is 4.53. The summed E-state index contributed by atoms with van der Waals surface area (Å²) in [6.45, 7) is 3.67. The molecule has 0 amide bonds. The van der Waals surface area contributed by atoms with E-state index in [1.54, 1.807) is 0 Å². The number of benzene rings is 1. The molecule has 0 spiro atoms. The summed E-state index contributed by atoms with van der Waals surface area (Å²) in [5, 5.41) is 8.42. The number of rotatable bonds is 3. The van der Waals surface area contributed by atoms with Gasteiger partial charge in [-0.05, 0) is 6.92 Å². The van der Waals surface area contributed by atoms with Crippen LogP contribution in [0.1, 0.15) is 29.8 Å². The summed E-state index contributed by atoms with van der Waals surface area (Å²) in [4.78, 5) is 33.3. The van der Waals surface area contributed by atoms with E-state index in [1.807, 2.05) is 0 Å². The van der Waals surface area contributed by atoms with E-state index in [2.05, 4.69) is 0 Å². The van der Waals surface area contributed by atoms with Crippen molar-refractivity contribution in [2.24, 2.45) is 0 Å². The van der Waals surface area contributed by atoms with Gasteiger partial charge in [0.1, 0.15) is 5.56 Å². The first-order valence-corrected chi connectivity index (χ1v) is 6.04. The highest BCUT2D eigenvalue weighted by atomic mass is 35.5. The fourth-order valence-electron chi connectivity index (χ4n) is 1.47. The van der Waals surface area contributed by atoms with Crippen LogP contribution >= 0.6 is 23.2 Å². The van der Waals surface area contributed by atoms with E-state index >= 15 is 0 Å². The van der Waals surface area contributed by atoms with Crippen molar-refractivity contribution in [1.29, 1.82) is 0 Å². The molecule has 1 aromatic rings. The molecule has 8 heteroatoms. The van der Waals surface area contributed by atoms with Crippen molar-refractivity contribution in [3.05, 3.63) is 21.2 Å². The minimum atomic E-state index is -1.44. The summed E-state index contributed by atoms with van der Waals surface area (Å²) in [5.74, 6) is -3.28. The van der Waals surface area contributed by atoms with E-state index in [0.29, 0.717) is 0 Å². The molecule has 0 aliphatic rings. The van der Waals surface area contributed by atoms with Crippen molar-refractivity contribution < 1.29 is 29.0 Å². The first-order chi connectivity index (χ1) is 9.16. The SMILES string of the molecule is CC(=O)Oc1c(C)c(OC(C)=O)c(Cl)c(C(=O)O)c1Cl. The molecule has 0 aliphatic carbocycles. The third-order valence-corrected chi connectivity index (χ3v) is 2.95. The molecule has 6 nitrogen and oxygen atoms in total. The van der Waals surface area contributed by atoms with Crippen molar-refractivity contribution in [2.75, 3.05) is 0 Å². The van der Waals surface area contributed by atoms with Crippen molar-refractivity contribution in [1.82, 2.24) is 0 Å². The largest absolute Gasteiger partial charge is 0.478 e. The highest BCUT2D eigenvalue weighted by Gasteiger charge is 2.27. The molecule has 0 aliphatic heterocycles. The molecule has 0 saturated carbocycles. The molecule has 1 rings (SSSR count). The van der Waals surface area contributed by atoms with Crippen LogP contribution in [0.15, 0.2) is 0 Å². The number of carboxylic acid groups (broad SMARTS) is 1. The molecule has 0 bridgehead atoms. The second kappa shape index (κ2) is 6.11. The van der Waals surface area contributed by atoms with Crippen LogP contribution in [0.25, 0.3) is 0 Å². The number of hydrogen-bond acceptors (Lipinski definition) is 5. The number of halogens is 2. The van der Waals surface area contributed by atoms with Crippen LogP contribution in [0.3, 0.4) is 0 Å². The fraction of sp³-hybridized carbons (Fsp3) is 0.250.